The molecule has 1 unspecified atom stereocenters. The van der Waals surface area contributed by atoms with Gasteiger partial charge in [-0.3, -0.25) is 0 Å². The third kappa shape index (κ3) is 1.65. The summed E-state index contributed by atoms with van der Waals surface area (Å²) in [5, 5.41) is 3.63. The van der Waals surface area contributed by atoms with Crippen molar-refractivity contribution in [2.75, 3.05) is 0 Å². The van der Waals surface area contributed by atoms with E-state index in [-0.39, 0.29) is 5.95 Å². The second-order valence-corrected chi connectivity index (χ2v) is 4.66. The predicted molar refractivity (Wildman–Crippen MR) is 56.1 cm³/mol. The molecule has 1 aromatic heterocycles. The molecule has 0 aliphatic carbocycles. The van der Waals surface area contributed by atoms with Crippen LogP contribution in [0.2, 0.25) is 0 Å². The Morgan fingerprint density at radius 1 is 1.33 bits per heavy atom. The van der Waals surface area contributed by atoms with E-state index >= 15 is 0 Å². The molecule has 3 atom stereocenters. The maximum absolute atomic E-state index is 12.7. The lowest BCUT2D eigenvalue weighted by Gasteiger charge is -2.22. The lowest BCUT2D eigenvalue weighted by molar-refractivity contribution is 0.397. The van der Waals surface area contributed by atoms with E-state index in [2.05, 4.69) is 10.3 Å². The zero-order chi connectivity index (χ0) is 10.3. The van der Waals surface area contributed by atoms with Crippen LogP contribution in [0.25, 0.3) is 0 Å². The van der Waals surface area contributed by atoms with Crippen LogP contribution >= 0.6 is 0 Å². The Morgan fingerprint density at radius 3 is 3.00 bits per heavy atom. The van der Waals surface area contributed by atoms with Gasteiger partial charge in [0.05, 0.1) is 0 Å². The molecule has 15 heavy (non-hydrogen) atoms. The van der Waals surface area contributed by atoms with Gasteiger partial charge in [-0.15, -0.1) is 0 Å². The smallest absolute Gasteiger partial charge is 0.212 e. The molecule has 3 heteroatoms. The quantitative estimate of drug-likeness (QED) is 0.711. The first-order valence-electron chi connectivity index (χ1n) is 5.70. The van der Waals surface area contributed by atoms with Crippen molar-refractivity contribution in [3.05, 3.63) is 29.8 Å². The third-order valence-corrected chi connectivity index (χ3v) is 3.72. The van der Waals surface area contributed by atoms with Gasteiger partial charge < -0.3 is 5.32 Å². The standard InChI is InChI=1S/C12H15FN2/c13-12-5-4-8(7-14-12)10-6-9-2-1-3-11(10)15-9/h4-5,7,9-11,15H,1-3,6H2/t9-,10?,11+/m0/s1/i13-1. The van der Waals surface area contributed by atoms with Crippen molar-refractivity contribution in [2.45, 2.75) is 43.7 Å². The Kier molecular flexibility index (Phi) is 2.20. The van der Waals surface area contributed by atoms with Gasteiger partial charge in [-0.25, -0.2) is 4.98 Å². The molecule has 2 bridgehead atoms. The van der Waals surface area contributed by atoms with Crippen molar-refractivity contribution >= 4 is 0 Å². The van der Waals surface area contributed by atoms with Crippen molar-refractivity contribution < 1.29 is 4.39 Å². The fraction of sp³-hybridized carbons (Fsp3) is 0.583. The summed E-state index contributed by atoms with van der Waals surface area (Å²) in [6.45, 7) is 0. The molecule has 0 saturated carbocycles. The van der Waals surface area contributed by atoms with Crippen molar-refractivity contribution in [3.63, 3.8) is 0 Å². The Balaban J connectivity index is 1.85. The molecule has 3 heterocycles. The van der Waals surface area contributed by atoms with Gasteiger partial charge in [0.25, 0.3) is 0 Å². The molecule has 2 nitrogen and oxygen atoms in total. The lowest BCUT2D eigenvalue weighted by atomic mass is 9.92. The van der Waals surface area contributed by atoms with Gasteiger partial charge in [-0.05, 0) is 30.9 Å². The first-order valence-corrected chi connectivity index (χ1v) is 5.70. The molecular weight excluding hydrogens is 190 g/mol. The highest BCUT2D eigenvalue weighted by atomic mass is 18.2. The number of aromatic nitrogens is 1. The summed E-state index contributed by atoms with van der Waals surface area (Å²) in [6.07, 6.45) is 6.76. The summed E-state index contributed by atoms with van der Waals surface area (Å²) in [5.74, 6) is 0.165. The molecule has 2 aliphatic rings. The number of nitrogens with zero attached hydrogens (tertiary/aromatic N) is 1. The number of nitrogens with one attached hydrogen (secondary N) is 1. The topological polar surface area (TPSA) is 24.9 Å². The number of pyridine rings is 1. The minimum atomic E-state index is -0.382. The van der Waals surface area contributed by atoms with Crippen LogP contribution in [-0.4, -0.2) is 17.1 Å². The summed E-state index contributed by atoms with van der Waals surface area (Å²) in [6, 6.07) is 4.63. The normalized spacial score (nSPS) is 34.3. The zero-order valence-electron chi connectivity index (χ0n) is 8.62. The highest BCUT2D eigenvalue weighted by Gasteiger charge is 2.37. The van der Waals surface area contributed by atoms with Crippen LogP contribution < -0.4 is 5.32 Å². The van der Waals surface area contributed by atoms with E-state index in [0.717, 1.165) is 0 Å². The van der Waals surface area contributed by atoms with Crippen LogP contribution in [0.4, 0.5) is 4.39 Å². The summed E-state index contributed by atoms with van der Waals surface area (Å²) in [4.78, 5) is 3.74. The van der Waals surface area contributed by atoms with Gasteiger partial charge in [-0.2, -0.15) is 4.39 Å². The largest absolute Gasteiger partial charge is 0.311 e. The molecule has 0 spiro atoms. The number of piperidine rings is 1. The SMILES string of the molecule is [18F]c1ccc(C2C[C@@H]3CCC[C@H]2N3)cn1. The van der Waals surface area contributed by atoms with E-state index in [1.807, 2.05) is 6.07 Å². The maximum atomic E-state index is 12.7. The molecule has 0 radical (unpaired) electrons. The van der Waals surface area contributed by atoms with Crippen LogP contribution in [0.1, 0.15) is 37.2 Å². The molecule has 80 valence electrons. The van der Waals surface area contributed by atoms with E-state index in [0.29, 0.717) is 18.0 Å². The predicted octanol–water partition coefficient (Wildman–Crippen LogP) is 2.22. The third-order valence-electron chi connectivity index (χ3n) is 3.72. The van der Waals surface area contributed by atoms with Crippen molar-refractivity contribution in [2.24, 2.45) is 0 Å². The van der Waals surface area contributed by atoms with Crippen LogP contribution in [-0.2, 0) is 0 Å². The average Bonchev–Trinajstić information content (AvgIpc) is 2.55. The molecule has 1 aromatic rings. The van der Waals surface area contributed by atoms with Gasteiger partial charge in [0.15, 0.2) is 0 Å². The molecule has 3 rings (SSSR count). The Hall–Kier alpha value is -0.960. The van der Waals surface area contributed by atoms with Crippen molar-refractivity contribution in [3.8, 4) is 0 Å². The summed E-state index contributed by atoms with van der Waals surface area (Å²) in [7, 11) is 0. The Bertz CT molecular complexity index is 349. The Labute approximate surface area is 88.9 Å². The number of rotatable bonds is 1. The maximum Gasteiger partial charge on any atom is 0.212 e. The molecule has 2 fully saturated rings. The van der Waals surface area contributed by atoms with E-state index in [4.69, 9.17) is 0 Å². The van der Waals surface area contributed by atoms with Crippen LogP contribution in [0.5, 0.6) is 0 Å². The lowest BCUT2D eigenvalue weighted by Crippen LogP contribution is -2.34. The minimum Gasteiger partial charge on any atom is -0.311 e. The van der Waals surface area contributed by atoms with Gasteiger partial charge in [0.1, 0.15) is 0 Å². The highest BCUT2D eigenvalue weighted by molar-refractivity contribution is 5.21. The van der Waals surface area contributed by atoms with Crippen LogP contribution in [0, 0.1) is 5.95 Å². The number of fused-ring (bicyclic) bond motifs is 2. The van der Waals surface area contributed by atoms with Gasteiger partial charge in [0, 0.05) is 24.2 Å². The van der Waals surface area contributed by atoms with Crippen LogP contribution in [0.15, 0.2) is 18.3 Å². The fourth-order valence-electron chi connectivity index (χ4n) is 3.00. The Morgan fingerprint density at radius 2 is 2.27 bits per heavy atom. The van der Waals surface area contributed by atoms with Gasteiger partial charge in [-0.1, -0.05) is 12.5 Å². The number of hydrogen-bond acceptors (Lipinski definition) is 2. The monoisotopic (exact) mass is 205 g/mol. The first-order chi connectivity index (χ1) is 7.33. The highest BCUT2D eigenvalue weighted by Crippen LogP contribution is 2.37. The fourth-order valence-corrected chi connectivity index (χ4v) is 3.00. The number of hydrogen-bond donors (Lipinski definition) is 1. The first kappa shape index (κ1) is 9.28. The summed E-state index contributed by atoms with van der Waals surface area (Å²) >= 11 is 0. The van der Waals surface area contributed by atoms with E-state index < -0.39 is 0 Å². The zero-order valence-corrected chi connectivity index (χ0v) is 8.62. The second-order valence-electron chi connectivity index (χ2n) is 4.66. The van der Waals surface area contributed by atoms with Crippen molar-refractivity contribution in [1.29, 1.82) is 0 Å². The van der Waals surface area contributed by atoms with E-state index in [1.165, 1.54) is 37.3 Å². The van der Waals surface area contributed by atoms with Crippen molar-refractivity contribution in [1.82, 2.24) is 10.3 Å². The van der Waals surface area contributed by atoms with E-state index in [9.17, 15) is 4.39 Å². The molecule has 1 N–H and O–H groups in total. The molecule has 2 saturated heterocycles. The molecule has 2 aliphatic heterocycles. The molecule has 0 amide bonds. The number of halogens is 1. The summed E-state index contributed by atoms with van der Waals surface area (Å²) < 4.78 is 12.7. The van der Waals surface area contributed by atoms with Gasteiger partial charge >= 0.3 is 0 Å². The molecule has 0 aromatic carbocycles. The van der Waals surface area contributed by atoms with E-state index in [1.54, 1.807) is 6.20 Å². The van der Waals surface area contributed by atoms with Crippen LogP contribution in [0.3, 0.4) is 0 Å². The second kappa shape index (κ2) is 3.56. The minimum absolute atomic E-state index is 0.382. The van der Waals surface area contributed by atoms with Gasteiger partial charge in [0.2, 0.25) is 5.95 Å². The average molecular weight is 205 g/mol. The summed E-state index contributed by atoms with van der Waals surface area (Å²) in [5.41, 5.74) is 1.19. The molecular formula is C12H15FN2.